The van der Waals surface area contributed by atoms with Crippen LogP contribution in [0.5, 0.6) is 0 Å². The molecule has 1 aromatic rings. The van der Waals surface area contributed by atoms with E-state index in [0.29, 0.717) is 31.4 Å². The lowest BCUT2D eigenvalue weighted by Gasteiger charge is -2.08. The van der Waals surface area contributed by atoms with Crippen LogP contribution in [0.25, 0.3) is 0 Å². The third-order valence-corrected chi connectivity index (χ3v) is 1.98. The van der Waals surface area contributed by atoms with Crippen LogP contribution in [0.1, 0.15) is 13.8 Å². The molecule has 0 atom stereocenters. The Morgan fingerprint density at radius 1 is 1.65 bits per heavy atom. The van der Waals surface area contributed by atoms with E-state index < -0.39 is 0 Å². The molecule has 0 fully saturated rings. The molecule has 17 heavy (non-hydrogen) atoms. The van der Waals surface area contributed by atoms with E-state index in [1.807, 2.05) is 0 Å². The zero-order chi connectivity index (χ0) is 12.7. The zero-order valence-electron chi connectivity index (χ0n) is 10.3. The first kappa shape index (κ1) is 13.5. The van der Waals surface area contributed by atoms with Crippen molar-refractivity contribution in [1.29, 1.82) is 0 Å². The first-order valence-corrected chi connectivity index (χ1v) is 5.70. The van der Waals surface area contributed by atoms with Gasteiger partial charge in [-0.15, -0.1) is 0 Å². The number of ether oxygens (including phenoxy) is 1. The highest BCUT2D eigenvalue weighted by Gasteiger charge is 2.03. The number of aromatic nitrogens is 2. The Morgan fingerprint density at radius 2 is 2.41 bits per heavy atom. The fraction of sp³-hybridized carbons (Fsp3) is 0.636. The second-order valence-electron chi connectivity index (χ2n) is 4.29. The number of nitrogen functional groups attached to an aromatic ring is 1. The summed E-state index contributed by atoms with van der Waals surface area (Å²) in [7, 11) is 0. The minimum atomic E-state index is -0.0961. The lowest BCUT2D eigenvalue weighted by molar-refractivity contribution is -0.122. The SMILES string of the molecule is CC(C)COCCNC(=O)Cn1cc(N)cn1. The highest BCUT2D eigenvalue weighted by molar-refractivity contribution is 5.75. The molecule has 6 nitrogen and oxygen atoms in total. The number of nitrogens with one attached hydrogen (secondary N) is 1. The first-order valence-electron chi connectivity index (χ1n) is 5.70. The van der Waals surface area contributed by atoms with E-state index in [-0.39, 0.29) is 12.5 Å². The maximum Gasteiger partial charge on any atom is 0.241 e. The Labute approximate surface area is 101 Å². The molecule has 0 aliphatic rings. The maximum absolute atomic E-state index is 11.5. The molecule has 0 saturated carbocycles. The van der Waals surface area contributed by atoms with E-state index >= 15 is 0 Å². The van der Waals surface area contributed by atoms with Crippen LogP contribution < -0.4 is 11.1 Å². The van der Waals surface area contributed by atoms with Crippen molar-refractivity contribution in [3.05, 3.63) is 12.4 Å². The fourth-order valence-electron chi connectivity index (χ4n) is 1.25. The van der Waals surface area contributed by atoms with Crippen LogP contribution >= 0.6 is 0 Å². The molecule has 0 unspecified atom stereocenters. The lowest BCUT2D eigenvalue weighted by atomic mass is 10.2. The topological polar surface area (TPSA) is 82.2 Å². The van der Waals surface area contributed by atoms with Crippen molar-refractivity contribution in [3.63, 3.8) is 0 Å². The van der Waals surface area contributed by atoms with Crippen LogP contribution in [0.3, 0.4) is 0 Å². The molecule has 1 aromatic heterocycles. The number of carbonyl (C=O) groups excluding carboxylic acids is 1. The molecule has 0 aliphatic heterocycles. The van der Waals surface area contributed by atoms with Crippen LogP contribution in [-0.4, -0.2) is 35.4 Å². The highest BCUT2D eigenvalue weighted by Crippen LogP contribution is 1.96. The van der Waals surface area contributed by atoms with Crippen molar-refractivity contribution >= 4 is 11.6 Å². The number of hydrogen-bond donors (Lipinski definition) is 2. The van der Waals surface area contributed by atoms with Gasteiger partial charge in [0.15, 0.2) is 0 Å². The molecule has 0 radical (unpaired) electrons. The molecule has 0 saturated heterocycles. The van der Waals surface area contributed by atoms with Gasteiger partial charge in [-0.3, -0.25) is 9.48 Å². The molecule has 6 heteroatoms. The summed E-state index contributed by atoms with van der Waals surface area (Å²) in [6, 6.07) is 0. The number of nitrogens with two attached hydrogens (primary N) is 1. The summed E-state index contributed by atoms with van der Waals surface area (Å²) < 4.78 is 6.84. The summed E-state index contributed by atoms with van der Waals surface area (Å²) in [5, 5.41) is 6.67. The van der Waals surface area contributed by atoms with Crippen LogP contribution in [0, 0.1) is 5.92 Å². The second kappa shape index (κ2) is 6.90. The van der Waals surface area contributed by atoms with Crippen LogP contribution in [-0.2, 0) is 16.1 Å². The van der Waals surface area contributed by atoms with Crippen molar-refractivity contribution in [2.24, 2.45) is 5.92 Å². The Morgan fingerprint density at radius 3 is 3.00 bits per heavy atom. The predicted molar refractivity (Wildman–Crippen MR) is 65.3 cm³/mol. The molecule has 1 rings (SSSR count). The summed E-state index contributed by atoms with van der Waals surface area (Å²) in [4.78, 5) is 11.5. The van der Waals surface area contributed by atoms with E-state index in [1.165, 1.54) is 10.9 Å². The predicted octanol–water partition coefficient (Wildman–Crippen LogP) is 0.254. The monoisotopic (exact) mass is 240 g/mol. The molecular formula is C11H20N4O2. The molecule has 0 aromatic carbocycles. The molecule has 1 amide bonds. The molecule has 3 N–H and O–H groups in total. The van der Waals surface area contributed by atoms with Gasteiger partial charge < -0.3 is 15.8 Å². The van der Waals surface area contributed by atoms with Gasteiger partial charge in [0, 0.05) is 19.3 Å². The number of hydrogen-bond acceptors (Lipinski definition) is 4. The second-order valence-corrected chi connectivity index (χ2v) is 4.29. The van der Waals surface area contributed by atoms with Crippen LogP contribution in [0.2, 0.25) is 0 Å². The van der Waals surface area contributed by atoms with Crippen molar-refractivity contribution in [1.82, 2.24) is 15.1 Å². The lowest BCUT2D eigenvalue weighted by Crippen LogP contribution is -2.30. The molecule has 1 heterocycles. The Balaban J connectivity index is 2.09. The summed E-state index contributed by atoms with van der Waals surface area (Å²) in [6.45, 7) is 6.11. The average molecular weight is 240 g/mol. The van der Waals surface area contributed by atoms with E-state index in [9.17, 15) is 4.79 Å². The fourth-order valence-corrected chi connectivity index (χ4v) is 1.25. The molecular weight excluding hydrogens is 220 g/mol. The van der Waals surface area contributed by atoms with Crippen molar-refractivity contribution < 1.29 is 9.53 Å². The van der Waals surface area contributed by atoms with Crippen molar-refractivity contribution in [2.75, 3.05) is 25.5 Å². The van der Waals surface area contributed by atoms with Gasteiger partial charge in [-0.05, 0) is 5.92 Å². The Bertz CT molecular complexity index is 349. The van der Waals surface area contributed by atoms with Gasteiger partial charge in [-0.2, -0.15) is 5.10 Å². The van der Waals surface area contributed by atoms with E-state index in [4.69, 9.17) is 10.5 Å². The normalized spacial score (nSPS) is 10.8. The summed E-state index contributed by atoms with van der Waals surface area (Å²) >= 11 is 0. The van der Waals surface area contributed by atoms with Gasteiger partial charge in [-0.25, -0.2) is 0 Å². The number of amides is 1. The first-order chi connectivity index (χ1) is 8.08. The standard InChI is InChI=1S/C11H20N4O2/c1-9(2)8-17-4-3-13-11(16)7-15-6-10(12)5-14-15/h5-6,9H,3-4,7-8,12H2,1-2H3,(H,13,16). The van der Waals surface area contributed by atoms with Gasteiger partial charge in [0.25, 0.3) is 0 Å². The van der Waals surface area contributed by atoms with E-state index in [1.54, 1.807) is 6.20 Å². The van der Waals surface area contributed by atoms with Crippen LogP contribution in [0.4, 0.5) is 5.69 Å². The summed E-state index contributed by atoms with van der Waals surface area (Å²) in [6.07, 6.45) is 3.13. The van der Waals surface area contributed by atoms with Gasteiger partial charge >= 0.3 is 0 Å². The number of anilines is 1. The van der Waals surface area contributed by atoms with Crippen molar-refractivity contribution in [3.8, 4) is 0 Å². The van der Waals surface area contributed by atoms with Gasteiger partial charge in [0.1, 0.15) is 6.54 Å². The minimum Gasteiger partial charge on any atom is -0.396 e. The quantitative estimate of drug-likeness (QED) is 0.669. The summed E-state index contributed by atoms with van der Waals surface area (Å²) in [5.74, 6) is 0.416. The third-order valence-electron chi connectivity index (χ3n) is 1.98. The number of nitrogens with zero attached hydrogens (tertiary/aromatic N) is 2. The largest absolute Gasteiger partial charge is 0.396 e. The van der Waals surface area contributed by atoms with Crippen LogP contribution in [0.15, 0.2) is 12.4 Å². The molecule has 96 valence electrons. The average Bonchev–Trinajstić information content (AvgIpc) is 2.63. The molecule has 0 spiro atoms. The van der Waals surface area contributed by atoms with E-state index in [2.05, 4.69) is 24.3 Å². The number of carbonyl (C=O) groups is 1. The highest BCUT2D eigenvalue weighted by atomic mass is 16.5. The minimum absolute atomic E-state index is 0.0961. The smallest absolute Gasteiger partial charge is 0.241 e. The molecule has 0 bridgehead atoms. The van der Waals surface area contributed by atoms with Crippen molar-refractivity contribution in [2.45, 2.75) is 20.4 Å². The maximum atomic E-state index is 11.5. The summed E-state index contributed by atoms with van der Waals surface area (Å²) in [5.41, 5.74) is 6.04. The van der Waals surface area contributed by atoms with Gasteiger partial charge in [0.05, 0.1) is 18.5 Å². The van der Waals surface area contributed by atoms with E-state index in [0.717, 1.165) is 0 Å². The van der Waals surface area contributed by atoms with Gasteiger partial charge in [0.2, 0.25) is 5.91 Å². The number of rotatable bonds is 7. The van der Waals surface area contributed by atoms with Gasteiger partial charge in [-0.1, -0.05) is 13.8 Å². The molecule has 0 aliphatic carbocycles. The third kappa shape index (κ3) is 5.91. The zero-order valence-corrected chi connectivity index (χ0v) is 10.3. The Kier molecular flexibility index (Phi) is 5.48. The Hall–Kier alpha value is -1.56.